The van der Waals surface area contributed by atoms with Gasteiger partial charge in [0.1, 0.15) is 17.4 Å². The van der Waals surface area contributed by atoms with Crippen LogP contribution in [0.3, 0.4) is 0 Å². The average Bonchev–Trinajstić information content (AvgIpc) is 2.83. The molecule has 0 bridgehead atoms. The van der Waals surface area contributed by atoms with Crippen molar-refractivity contribution in [3.8, 4) is 5.75 Å². The molecule has 0 spiro atoms. The molecule has 8 nitrogen and oxygen atoms in total. The summed E-state index contributed by atoms with van der Waals surface area (Å²) in [5.74, 6) is -1.39. The smallest absolute Gasteiger partial charge is 0.326 e. The number of amides is 1. The van der Waals surface area contributed by atoms with Gasteiger partial charge < -0.3 is 9.84 Å². The van der Waals surface area contributed by atoms with Crippen molar-refractivity contribution in [2.45, 2.75) is 13.5 Å². The molecule has 25 heavy (non-hydrogen) atoms. The third-order valence-electron chi connectivity index (χ3n) is 2.95. The SMILES string of the molecule is CCOC(=O)Cn1c(Cl)c(/C=N\NC(=O)c2ccccc2O)sc1=O. The number of thiazole rings is 1. The van der Waals surface area contributed by atoms with Crippen LogP contribution in [0, 0.1) is 0 Å². The Bertz CT molecular complexity index is 874. The Morgan fingerprint density at radius 2 is 2.16 bits per heavy atom. The average molecular weight is 384 g/mol. The van der Waals surface area contributed by atoms with Crippen molar-refractivity contribution in [3.05, 3.63) is 49.5 Å². The van der Waals surface area contributed by atoms with Crippen LogP contribution in [-0.4, -0.2) is 34.4 Å². The lowest BCUT2D eigenvalue weighted by Crippen LogP contribution is -2.21. The van der Waals surface area contributed by atoms with Gasteiger partial charge in [-0.2, -0.15) is 5.10 Å². The highest BCUT2D eigenvalue weighted by molar-refractivity contribution is 7.11. The van der Waals surface area contributed by atoms with Crippen molar-refractivity contribution in [2.24, 2.45) is 5.10 Å². The van der Waals surface area contributed by atoms with E-state index in [4.69, 9.17) is 16.3 Å². The molecule has 0 saturated heterocycles. The number of hydrogen-bond donors (Lipinski definition) is 2. The van der Waals surface area contributed by atoms with Gasteiger partial charge in [0.25, 0.3) is 5.91 Å². The van der Waals surface area contributed by atoms with Gasteiger partial charge in [0.2, 0.25) is 0 Å². The summed E-state index contributed by atoms with van der Waals surface area (Å²) >= 11 is 6.82. The number of carbonyl (C=O) groups excluding carboxylic acids is 2. The van der Waals surface area contributed by atoms with E-state index < -0.39 is 16.7 Å². The minimum atomic E-state index is -0.622. The van der Waals surface area contributed by atoms with Crippen LogP contribution in [0.5, 0.6) is 5.75 Å². The van der Waals surface area contributed by atoms with Crippen LogP contribution < -0.4 is 10.3 Å². The topological polar surface area (TPSA) is 110 Å². The monoisotopic (exact) mass is 383 g/mol. The van der Waals surface area contributed by atoms with Gasteiger partial charge in [-0.15, -0.1) is 0 Å². The standard InChI is InChI=1S/C15H14ClN3O5S/c1-2-24-12(21)8-19-13(16)11(25-15(19)23)7-17-18-14(22)9-5-3-4-6-10(9)20/h3-7,20H,2,8H2,1H3,(H,18,22)/b17-7-. The van der Waals surface area contributed by atoms with E-state index >= 15 is 0 Å². The fourth-order valence-corrected chi connectivity index (χ4v) is 2.93. The Labute approximate surface area is 151 Å². The van der Waals surface area contributed by atoms with E-state index in [2.05, 4.69) is 10.5 Å². The molecule has 1 aromatic carbocycles. The third-order valence-corrected chi connectivity index (χ3v) is 4.38. The van der Waals surface area contributed by atoms with Crippen molar-refractivity contribution >= 4 is 41.0 Å². The lowest BCUT2D eigenvalue weighted by molar-refractivity contribution is -0.143. The Morgan fingerprint density at radius 3 is 2.84 bits per heavy atom. The molecule has 1 aromatic heterocycles. The minimum Gasteiger partial charge on any atom is -0.507 e. The van der Waals surface area contributed by atoms with E-state index in [0.717, 1.165) is 15.9 Å². The van der Waals surface area contributed by atoms with Crippen LogP contribution in [0.4, 0.5) is 0 Å². The minimum absolute atomic E-state index is 0.0172. The van der Waals surface area contributed by atoms with Crippen LogP contribution in [0.15, 0.2) is 34.2 Å². The quantitative estimate of drug-likeness (QED) is 0.447. The third kappa shape index (κ3) is 4.68. The van der Waals surface area contributed by atoms with Gasteiger partial charge in [0, 0.05) is 0 Å². The van der Waals surface area contributed by atoms with Crippen LogP contribution >= 0.6 is 22.9 Å². The first-order chi connectivity index (χ1) is 11.9. The summed E-state index contributed by atoms with van der Waals surface area (Å²) in [7, 11) is 0. The first-order valence-electron chi connectivity index (χ1n) is 7.10. The van der Waals surface area contributed by atoms with Gasteiger partial charge in [-0.05, 0) is 19.1 Å². The molecule has 10 heteroatoms. The molecule has 0 atom stereocenters. The van der Waals surface area contributed by atoms with Crippen LogP contribution in [0.2, 0.25) is 5.15 Å². The highest BCUT2D eigenvalue weighted by atomic mass is 35.5. The van der Waals surface area contributed by atoms with E-state index in [0.29, 0.717) is 0 Å². The molecular formula is C15H14ClN3O5S. The molecule has 1 heterocycles. The summed E-state index contributed by atoms with van der Waals surface area (Å²) in [5, 5.41) is 13.3. The maximum atomic E-state index is 11.9. The zero-order chi connectivity index (χ0) is 18.4. The number of hydrogen-bond acceptors (Lipinski definition) is 7. The molecule has 0 aliphatic heterocycles. The largest absolute Gasteiger partial charge is 0.507 e. The summed E-state index contributed by atoms with van der Waals surface area (Å²) in [6.07, 6.45) is 1.19. The number of para-hydroxylation sites is 1. The molecule has 0 saturated carbocycles. The zero-order valence-electron chi connectivity index (χ0n) is 13.1. The van der Waals surface area contributed by atoms with Gasteiger partial charge >= 0.3 is 10.8 Å². The number of hydrazone groups is 1. The van der Waals surface area contributed by atoms with Crippen LogP contribution in [-0.2, 0) is 16.1 Å². The molecule has 0 aliphatic carbocycles. The molecular weight excluding hydrogens is 370 g/mol. The predicted octanol–water partition coefficient (Wildman–Crippen LogP) is 1.60. The van der Waals surface area contributed by atoms with Gasteiger partial charge in [0.05, 0.1) is 23.3 Å². The normalized spacial score (nSPS) is 10.8. The van der Waals surface area contributed by atoms with E-state index in [9.17, 15) is 19.5 Å². The molecule has 2 aromatic rings. The summed E-state index contributed by atoms with van der Waals surface area (Å²) in [6, 6.07) is 5.98. The zero-order valence-corrected chi connectivity index (χ0v) is 14.6. The summed E-state index contributed by atoms with van der Waals surface area (Å²) in [6.45, 7) is 1.54. The number of phenolic OH excluding ortho intramolecular Hbond substituents is 1. The van der Waals surface area contributed by atoms with Crippen molar-refractivity contribution in [1.82, 2.24) is 9.99 Å². The van der Waals surface area contributed by atoms with Gasteiger partial charge in [-0.1, -0.05) is 35.1 Å². The van der Waals surface area contributed by atoms with E-state index in [1.54, 1.807) is 19.1 Å². The molecule has 0 unspecified atom stereocenters. The number of aromatic nitrogens is 1. The number of phenols is 1. The second kappa shape index (κ2) is 8.45. The van der Waals surface area contributed by atoms with Crippen molar-refractivity contribution in [3.63, 3.8) is 0 Å². The van der Waals surface area contributed by atoms with Gasteiger partial charge in [0.15, 0.2) is 0 Å². The number of rotatable bonds is 6. The Balaban J connectivity index is 2.09. The van der Waals surface area contributed by atoms with Gasteiger partial charge in [-0.3, -0.25) is 19.0 Å². The number of carbonyl (C=O) groups is 2. The molecule has 2 N–H and O–H groups in total. The number of halogens is 1. The molecule has 0 aliphatic rings. The highest BCUT2D eigenvalue weighted by Gasteiger charge is 2.15. The number of aromatic hydroxyl groups is 1. The van der Waals surface area contributed by atoms with E-state index in [1.807, 2.05) is 0 Å². The van der Waals surface area contributed by atoms with Crippen LogP contribution in [0.25, 0.3) is 0 Å². The number of ether oxygens (including phenoxy) is 1. The van der Waals surface area contributed by atoms with Crippen LogP contribution in [0.1, 0.15) is 22.2 Å². The second-order valence-electron chi connectivity index (χ2n) is 4.63. The van der Waals surface area contributed by atoms with Crippen molar-refractivity contribution in [1.29, 1.82) is 0 Å². The maximum absolute atomic E-state index is 11.9. The number of esters is 1. The molecule has 2 rings (SSSR count). The molecule has 0 radical (unpaired) electrons. The first kappa shape index (κ1) is 18.7. The maximum Gasteiger partial charge on any atom is 0.326 e. The fourth-order valence-electron chi connectivity index (χ4n) is 1.83. The fraction of sp³-hybridized carbons (Fsp3) is 0.200. The second-order valence-corrected chi connectivity index (χ2v) is 5.98. The lowest BCUT2D eigenvalue weighted by atomic mass is 10.2. The Hall–Kier alpha value is -2.65. The van der Waals surface area contributed by atoms with E-state index in [1.165, 1.54) is 18.3 Å². The lowest BCUT2D eigenvalue weighted by Gasteiger charge is -2.03. The Morgan fingerprint density at radius 1 is 1.44 bits per heavy atom. The summed E-state index contributed by atoms with van der Waals surface area (Å²) in [5.41, 5.74) is 2.28. The summed E-state index contributed by atoms with van der Waals surface area (Å²) < 4.78 is 5.82. The molecule has 1 amide bonds. The summed E-state index contributed by atoms with van der Waals surface area (Å²) in [4.78, 5) is 35.0. The molecule has 132 valence electrons. The predicted molar refractivity (Wildman–Crippen MR) is 93.4 cm³/mol. The highest BCUT2D eigenvalue weighted by Crippen LogP contribution is 2.17. The first-order valence-corrected chi connectivity index (χ1v) is 8.29. The molecule has 0 fully saturated rings. The number of benzene rings is 1. The van der Waals surface area contributed by atoms with Crippen molar-refractivity contribution < 1.29 is 19.4 Å². The number of nitrogens with one attached hydrogen (secondary N) is 1. The Kier molecular flexibility index (Phi) is 6.31. The number of nitrogens with zero attached hydrogens (tertiary/aromatic N) is 2. The van der Waals surface area contributed by atoms with Crippen molar-refractivity contribution in [2.75, 3.05) is 6.61 Å². The van der Waals surface area contributed by atoms with E-state index in [-0.39, 0.29) is 34.5 Å². The van der Waals surface area contributed by atoms with Gasteiger partial charge in [-0.25, -0.2) is 5.43 Å².